The Balaban J connectivity index is 1.38. The van der Waals surface area contributed by atoms with Crippen molar-refractivity contribution in [3.05, 3.63) is 104 Å². The molecule has 6 rings (SSSR count). The predicted octanol–water partition coefficient (Wildman–Crippen LogP) is 9.32. The number of likely N-dealkylation sites (tertiary alicyclic amines) is 2. The van der Waals surface area contributed by atoms with Crippen molar-refractivity contribution in [1.29, 1.82) is 0 Å². The van der Waals surface area contributed by atoms with Gasteiger partial charge in [-0.1, -0.05) is 94.6 Å². The molecule has 2 fully saturated rings. The lowest BCUT2D eigenvalue weighted by Crippen LogP contribution is -2.41. The van der Waals surface area contributed by atoms with Crippen LogP contribution in [0.1, 0.15) is 36.8 Å². The number of carbonyl (C=O) groups excluding carboxylic acids is 4. The van der Waals surface area contributed by atoms with Gasteiger partial charge in [0.2, 0.25) is 23.6 Å². The van der Waals surface area contributed by atoms with E-state index in [-0.39, 0.29) is 43.7 Å². The summed E-state index contributed by atoms with van der Waals surface area (Å²) in [5.41, 5.74) is 6.90. The van der Waals surface area contributed by atoms with Gasteiger partial charge in [0.1, 0.15) is 11.5 Å². The molecule has 0 aromatic heterocycles. The minimum absolute atomic E-state index is 0.168. The largest absolute Gasteiger partial charge is 0.496 e. The van der Waals surface area contributed by atoms with Crippen LogP contribution in [-0.4, -0.2) is 84.2 Å². The van der Waals surface area contributed by atoms with E-state index < -0.39 is 11.8 Å². The molecule has 17 heteroatoms. The number of nitrogens with one attached hydrogen (secondary N) is 2. The van der Waals surface area contributed by atoms with E-state index in [1.165, 1.54) is 23.9 Å². The van der Waals surface area contributed by atoms with Crippen LogP contribution in [0, 0.1) is 11.8 Å². The van der Waals surface area contributed by atoms with Crippen molar-refractivity contribution in [2.24, 2.45) is 11.8 Å². The minimum Gasteiger partial charge on any atom is -0.496 e. The van der Waals surface area contributed by atoms with Crippen molar-refractivity contribution < 1.29 is 39.1 Å². The molecule has 2 aliphatic rings. The number of para-hydroxylation sites is 2. The Kier molecular flexibility index (Phi) is 15.7. The maximum absolute atomic E-state index is 13.4. The first-order valence-electron chi connectivity index (χ1n) is 19.2. The topological polar surface area (TPSA) is 158 Å². The molecule has 4 aromatic carbocycles. The number of hydrogen-bond donors (Lipinski definition) is 4. The van der Waals surface area contributed by atoms with Gasteiger partial charge in [-0.2, -0.15) is 0 Å². The average Bonchev–Trinajstić information content (AvgIpc) is 3.30. The molecule has 0 saturated carbocycles. The van der Waals surface area contributed by atoms with Crippen molar-refractivity contribution in [1.82, 2.24) is 20.8 Å². The standard InChI is InChI=1S/C44H42Cl4N4O8S/c1-59-33-9-5-3-7-27(33)31-23-35(41(47)39(45)29(31)11-13-37(53)51-19-15-25(16-20-51)43(55)49-57)61-36-24-32(28-8-4-6-10-34(28)60-2)30(40(46)42(36)48)12-14-38(54)52-21-17-26(18-22-52)44(56)50-58/h3-14,23-26,57-58H,15-22H2,1-2H3,(H,49,55)(H,50,56). The Bertz CT molecular complexity index is 2220. The molecule has 61 heavy (non-hydrogen) atoms. The molecular weight excluding hydrogens is 886 g/mol. The van der Waals surface area contributed by atoms with Crippen LogP contribution < -0.4 is 20.4 Å². The van der Waals surface area contributed by atoms with E-state index in [0.29, 0.717) is 107 Å². The fourth-order valence-corrected chi connectivity index (χ4v) is 9.60. The summed E-state index contributed by atoms with van der Waals surface area (Å²) < 4.78 is 11.5. The highest BCUT2D eigenvalue weighted by Gasteiger charge is 2.29. The van der Waals surface area contributed by atoms with Gasteiger partial charge in [-0.05, 0) is 73.2 Å². The lowest BCUT2D eigenvalue weighted by Gasteiger charge is -2.30. The number of methoxy groups -OCH3 is 2. The molecule has 0 atom stereocenters. The maximum Gasteiger partial charge on any atom is 0.246 e. The number of ether oxygens (including phenoxy) is 2. The molecule has 2 aliphatic heterocycles. The summed E-state index contributed by atoms with van der Waals surface area (Å²) in [6, 6.07) is 18.4. The van der Waals surface area contributed by atoms with Gasteiger partial charge in [-0.3, -0.25) is 29.6 Å². The summed E-state index contributed by atoms with van der Waals surface area (Å²) in [6.45, 7) is 1.34. The van der Waals surface area contributed by atoms with Crippen LogP contribution in [-0.2, 0) is 19.2 Å². The molecule has 0 bridgehead atoms. The number of nitrogens with zero attached hydrogens (tertiary/aromatic N) is 2. The van der Waals surface area contributed by atoms with Gasteiger partial charge in [-0.25, -0.2) is 11.0 Å². The summed E-state index contributed by atoms with van der Waals surface area (Å²) in [5, 5.41) is 18.8. The molecule has 4 amide bonds. The highest BCUT2D eigenvalue weighted by Crippen LogP contribution is 2.50. The zero-order valence-corrected chi connectivity index (χ0v) is 36.9. The van der Waals surface area contributed by atoms with E-state index in [1.54, 1.807) is 59.3 Å². The van der Waals surface area contributed by atoms with E-state index in [9.17, 15) is 19.2 Å². The number of benzene rings is 4. The second-order valence-electron chi connectivity index (χ2n) is 14.2. The molecular formula is C44H42Cl4N4O8S. The fourth-order valence-electron chi connectivity index (χ4n) is 7.43. The smallest absolute Gasteiger partial charge is 0.246 e. The third-order valence-electron chi connectivity index (χ3n) is 10.8. The summed E-state index contributed by atoms with van der Waals surface area (Å²) in [7, 11) is 3.11. The highest BCUT2D eigenvalue weighted by atomic mass is 35.5. The zero-order chi connectivity index (χ0) is 43.8. The first-order valence-corrected chi connectivity index (χ1v) is 21.5. The van der Waals surface area contributed by atoms with E-state index >= 15 is 0 Å². The van der Waals surface area contributed by atoms with Gasteiger partial charge in [0.25, 0.3) is 0 Å². The summed E-state index contributed by atoms with van der Waals surface area (Å²) in [4.78, 5) is 54.9. The Morgan fingerprint density at radius 2 is 0.967 bits per heavy atom. The monoisotopic (exact) mass is 926 g/mol. The molecule has 0 radical (unpaired) electrons. The summed E-state index contributed by atoms with van der Waals surface area (Å²) >= 11 is 29.6. The number of halogens is 4. The normalized spacial score (nSPS) is 15.0. The predicted molar refractivity (Wildman–Crippen MR) is 238 cm³/mol. The lowest BCUT2D eigenvalue weighted by atomic mass is 9.96. The molecule has 0 spiro atoms. The van der Waals surface area contributed by atoms with Crippen LogP contribution in [0.3, 0.4) is 0 Å². The van der Waals surface area contributed by atoms with Gasteiger partial charge >= 0.3 is 0 Å². The third kappa shape index (κ3) is 10.3. The van der Waals surface area contributed by atoms with Gasteiger partial charge < -0.3 is 19.3 Å². The van der Waals surface area contributed by atoms with E-state index in [4.69, 9.17) is 66.3 Å². The number of rotatable bonds is 12. The minimum atomic E-state index is -0.468. The molecule has 4 N–H and O–H groups in total. The zero-order valence-electron chi connectivity index (χ0n) is 33.1. The van der Waals surface area contributed by atoms with E-state index in [0.717, 1.165) is 0 Å². The Hall–Kier alpha value is -4.73. The van der Waals surface area contributed by atoms with Gasteiger partial charge in [-0.15, -0.1) is 0 Å². The number of hydrogen-bond acceptors (Lipinski definition) is 9. The number of piperidine rings is 2. The SMILES string of the molecule is COc1ccccc1-c1cc(Sc2cc(-c3ccccc3OC)c(C=CC(=O)N3CCC(C(=O)NO)CC3)c(Cl)c2Cl)c(Cl)c(Cl)c1C=CC(=O)N1CCC(C(=O)NO)CC1. The van der Waals surface area contributed by atoms with Crippen LogP contribution >= 0.6 is 58.2 Å². The van der Waals surface area contributed by atoms with E-state index in [1.807, 2.05) is 48.5 Å². The molecule has 320 valence electrons. The molecule has 0 aliphatic carbocycles. The second kappa shape index (κ2) is 20.9. The van der Waals surface area contributed by atoms with E-state index in [2.05, 4.69) is 0 Å². The molecule has 4 aromatic rings. The first kappa shape index (κ1) is 45.8. The third-order valence-corrected chi connectivity index (χ3v) is 13.9. The number of hydroxylamine groups is 2. The Morgan fingerprint density at radius 3 is 1.31 bits per heavy atom. The summed E-state index contributed by atoms with van der Waals surface area (Å²) in [5.74, 6) is -1.17. The average molecular weight is 929 g/mol. The van der Waals surface area contributed by atoms with Crippen molar-refractivity contribution in [3.8, 4) is 33.8 Å². The summed E-state index contributed by atoms with van der Waals surface area (Å²) in [6.07, 6.45) is 7.69. The molecule has 2 heterocycles. The molecule has 12 nitrogen and oxygen atoms in total. The quantitative estimate of drug-likeness (QED) is 0.0618. The fraction of sp³-hybridized carbons (Fsp3) is 0.273. The Labute approximate surface area is 377 Å². The van der Waals surface area contributed by atoms with Crippen molar-refractivity contribution in [3.63, 3.8) is 0 Å². The van der Waals surface area contributed by atoms with Crippen LogP contribution in [0.2, 0.25) is 20.1 Å². The second-order valence-corrected chi connectivity index (χ2v) is 16.8. The van der Waals surface area contributed by atoms with Crippen LogP contribution in [0.5, 0.6) is 11.5 Å². The highest BCUT2D eigenvalue weighted by molar-refractivity contribution is 7.99. The number of amides is 4. The van der Waals surface area contributed by atoms with Gasteiger partial charge in [0.15, 0.2) is 0 Å². The van der Waals surface area contributed by atoms with Gasteiger partial charge in [0.05, 0.1) is 34.3 Å². The van der Waals surface area contributed by atoms with Crippen molar-refractivity contribution in [2.45, 2.75) is 35.5 Å². The number of carbonyl (C=O) groups is 4. The first-order chi connectivity index (χ1) is 29.4. The Morgan fingerprint density at radius 1 is 0.607 bits per heavy atom. The van der Waals surface area contributed by atoms with Gasteiger partial charge in [0, 0.05) is 82.2 Å². The molecule has 0 unspecified atom stereocenters. The lowest BCUT2D eigenvalue weighted by molar-refractivity contribution is -0.137. The molecule has 2 saturated heterocycles. The van der Waals surface area contributed by atoms with Crippen molar-refractivity contribution in [2.75, 3.05) is 40.4 Å². The van der Waals surface area contributed by atoms with Crippen molar-refractivity contribution >= 4 is 93.9 Å². The maximum atomic E-state index is 13.4. The van der Waals surface area contributed by atoms with Crippen LogP contribution in [0.25, 0.3) is 34.4 Å². The van der Waals surface area contributed by atoms with Crippen LogP contribution in [0.4, 0.5) is 0 Å². The van der Waals surface area contributed by atoms with Crippen LogP contribution in [0.15, 0.2) is 82.6 Å².